The second-order valence-corrected chi connectivity index (χ2v) is 10.5. The second kappa shape index (κ2) is 9.48. The van der Waals surface area contributed by atoms with E-state index in [-0.39, 0.29) is 29.2 Å². The van der Waals surface area contributed by atoms with E-state index in [0.717, 1.165) is 12.8 Å². The van der Waals surface area contributed by atoms with Gasteiger partial charge in [0.1, 0.15) is 0 Å². The number of ether oxygens (including phenoxy) is 1. The molecule has 1 saturated carbocycles. The number of halogens is 1. The quantitative estimate of drug-likeness (QED) is 0.420. The summed E-state index contributed by atoms with van der Waals surface area (Å²) in [4.78, 5) is 22.9. The Bertz CT molecular complexity index is 970. The Morgan fingerprint density at radius 1 is 1.23 bits per heavy atom. The van der Waals surface area contributed by atoms with Gasteiger partial charge in [-0.25, -0.2) is 17.5 Å². The van der Waals surface area contributed by atoms with Crippen molar-refractivity contribution < 1.29 is 27.1 Å². The highest BCUT2D eigenvalue weighted by Crippen LogP contribution is 2.32. The van der Waals surface area contributed by atoms with E-state index in [1.54, 1.807) is 32.1 Å². The smallest absolute Gasteiger partial charge is 0.229 e. The number of amides is 2. The van der Waals surface area contributed by atoms with E-state index in [0.29, 0.717) is 37.4 Å². The second-order valence-electron chi connectivity index (χ2n) is 8.76. The van der Waals surface area contributed by atoms with Crippen molar-refractivity contribution >= 4 is 21.8 Å². The molecule has 2 aliphatic rings. The summed E-state index contributed by atoms with van der Waals surface area (Å²) in [5.41, 5.74) is -0.377. The van der Waals surface area contributed by atoms with Gasteiger partial charge in [0.15, 0.2) is 11.6 Å². The molecule has 2 N–H and O–H groups in total. The van der Waals surface area contributed by atoms with Crippen LogP contribution in [-0.4, -0.2) is 32.6 Å². The Hall–Kier alpha value is -2.26. The molecule has 1 aliphatic carbocycles. The molecule has 2 amide bonds. The predicted molar refractivity (Wildman–Crippen MR) is 114 cm³/mol. The summed E-state index contributed by atoms with van der Waals surface area (Å²) < 4.78 is 47.4. The maximum absolute atomic E-state index is 14.1. The van der Waals surface area contributed by atoms with E-state index in [9.17, 15) is 22.4 Å². The van der Waals surface area contributed by atoms with Crippen molar-refractivity contribution in [3.63, 3.8) is 0 Å². The molecule has 1 heterocycles. The molecule has 0 spiro atoms. The molecule has 1 unspecified atom stereocenters. The standard InChI is InChI=1S/C22H29FN2O5S/c1-22(2,17-9-10-18(23)19(13-17)30-14-15-6-7-15)25-31(28,29)12-4-3-5-16-8-11-20(26)24-21(16)27/h3-4,9-10,13,15-16,25H,5-8,11-12,14H2,1-2H3,(H,24,26,27)/b4-3+. The molecule has 170 valence electrons. The highest BCUT2D eigenvalue weighted by atomic mass is 32.2. The van der Waals surface area contributed by atoms with Crippen LogP contribution >= 0.6 is 0 Å². The summed E-state index contributed by atoms with van der Waals surface area (Å²) in [5, 5.41) is 2.28. The number of nitrogens with one attached hydrogen (secondary N) is 2. The third-order valence-electron chi connectivity index (χ3n) is 5.49. The van der Waals surface area contributed by atoms with E-state index >= 15 is 0 Å². The van der Waals surface area contributed by atoms with Gasteiger partial charge in [0.2, 0.25) is 21.8 Å². The third-order valence-corrected chi connectivity index (χ3v) is 6.94. The molecule has 7 nitrogen and oxygen atoms in total. The molecule has 1 aromatic carbocycles. The van der Waals surface area contributed by atoms with Gasteiger partial charge < -0.3 is 4.74 Å². The SMILES string of the molecule is CC(C)(NS(=O)(=O)C/C=C/CC1CCC(=O)NC1=O)c1ccc(F)c(OCC2CC2)c1. The molecule has 1 aliphatic heterocycles. The maximum atomic E-state index is 14.1. The molecule has 1 aromatic rings. The van der Waals surface area contributed by atoms with Crippen molar-refractivity contribution in [3.8, 4) is 5.75 Å². The van der Waals surface area contributed by atoms with Gasteiger partial charge in [-0.15, -0.1) is 0 Å². The van der Waals surface area contributed by atoms with Crippen LogP contribution in [0.2, 0.25) is 0 Å². The molecule has 0 radical (unpaired) electrons. The fraction of sp³-hybridized carbons (Fsp3) is 0.545. The fourth-order valence-electron chi connectivity index (χ4n) is 3.40. The molecule has 0 aromatic heterocycles. The van der Waals surface area contributed by atoms with E-state index < -0.39 is 21.4 Å². The summed E-state index contributed by atoms with van der Waals surface area (Å²) in [6, 6.07) is 4.37. The Labute approximate surface area is 182 Å². The van der Waals surface area contributed by atoms with E-state index in [1.165, 1.54) is 12.1 Å². The number of rotatable bonds is 10. The third kappa shape index (κ3) is 6.87. The average molecular weight is 453 g/mol. The minimum Gasteiger partial charge on any atom is -0.490 e. The first kappa shape index (κ1) is 23.4. The van der Waals surface area contributed by atoms with Gasteiger partial charge in [-0.2, -0.15) is 0 Å². The minimum atomic E-state index is -3.68. The largest absolute Gasteiger partial charge is 0.490 e. The lowest BCUT2D eigenvalue weighted by Gasteiger charge is -2.27. The molecule has 1 saturated heterocycles. The number of carbonyl (C=O) groups is 2. The van der Waals surface area contributed by atoms with Gasteiger partial charge >= 0.3 is 0 Å². The van der Waals surface area contributed by atoms with Crippen LogP contribution < -0.4 is 14.8 Å². The zero-order valence-electron chi connectivity index (χ0n) is 17.8. The number of carbonyl (C=O) groups excluding carboxylic acids is 2. The first-order valence-corrected chi connectivity index (χ1v) is 12.1. The lowest BCUT2D eigenvalue weighted by molar-refractivity contribution is -0.136. The van der Waals surface area contributed by atoms with Crippen molar-refractivity contribution in [1.29, 1.82) is 0 Å². The van der Waals surface area contributed by atoms with E-state index in [2.05, 4.69) is 10.0 Å². The molecular weight excluding hydrogens is 423 g/mol. The summed E-state index contributed by atoms with van der Waals surface area (Å²) in [7, 11) is -3.68. The molecule has 31 heavy (non-hydrogen) atoms. The Balaban J connectivity index is 1.57. The van der Waals surface area contributed by atoms with E-state index in [1.807, 2.05) is 0 Å². The fourth-order valence-corrected chi connectivity index (χ4v) is 4.77. The van der Waals surface area contributed by atoms with Gasteiger partial charge in [0.25, 0.3) is 0 Å². The molecule has 9 heteroatoms. The molecule has 3 rings (SSSR count). The van der Waals surface area contributed by atoms with Crippen molar-refractivity contribution in [3.05, 3.63) is 41.7 Å². The zero-order valence-corrected chi connectivity index (χ0v) is 18.6. The number of imide groups is 1. The number of piperidine rings is 1. The lowest BCUT2D eigenvalue weighted by atomic mass is 9.95. The van der Waals surface area contributed by atoms with Crippen LogP contribution in [0, 0.1) is 17.7 Å². The number of hydrogen-bond acceptors (Lipinski definition) is 5. The van der Waals surface area contributed by atoms with Crippen molar-refractivity contribution in [2.75, 3.05) is 12.4 Å². The topological polar surface area (TPSA) is 102 Å². The van der Waals surface area contributed by atoms with Crippen LogP contribution in [0.25, 0.3) is 0 Å². The summed E-state index contributed by atoms with van der Waals surface area (Å²) in [5.74, 6) is -1.05. The van der Waals surface area contributed by atoms with Gasteiger partial charge in [-0.05, 0) is 63.1 Å². The van der Waals surface area contributed by atoms with Crippen LogP contribution in [0.4, 0.5) is 4.39 Å². The lowest BCUT2D eigenvalue weighted by Crippen LogP contribution is -2.42. The summed E-state index contributed by atoms with van der Waals surface area (Å²) in [6.07, 6.45) is 6.45. The average Bonchev–Trinajstić information content (AvgIpc) is 3.49. The first-order chi connectivity index (χ1) is 14.6. The van der Waals surface area contributed by atoms with E-state index in [4.69, 9.17) is 4.74 Å². The Morgan fingerprint density at radius 2 is 1.97 bits per heavy atom. The highest BCUT2D eigenvalue weighted by Gasteiger charge is 2.29. The van der Waals surface area contributed by atoms with Crippen LogP contribution in [0.1, 0.15) is 51.5 Å². The van der Waals surface area contributed by atoms with Gasteiger partial charge in [0, 0.05) is 12.3 Å². The Morgan fingerprint density at radius 3 is 2.65 bits per heavy atom. The minimum absolute atomic E-state index is 0.126. The highest BCUT2D eigenvalue weighted by molar-refractivity contribution is 7.89. The van der Waals surface area contributed by atoms with Crippen LogP contribution in [0.15, 0.2) is 30.4 Å². The van der Waals surface area contributed by atoms with Crippen LogP contribution in [-0.2, 0) is 25.2 Å². The summed E-state index contributed by atoms with van der Waals surface area (Å²) in [6.45, 7) is 3.87. The van der Waals surface area contributed by atoms with Gasteiger partial charge in [-0.3, -0.25) is 14.9 Å². The number of sulfonamides is 1. The number of allylic oxidation sites excluding steroid dienone is 1. The van der Waals surface area contributed by atoms with Crippen molar-refractivity contribution in [1.82, 2.24) is 10.0 Å². The molecule has 1 atom stereocenters. The number of hydrogen-bond donors (Lipinski definition) is 2. The predicted octanol–water partition coefficient (Wildman–Crippen LogP) is 2.77. The number of benzene rings is 1. The first-order valence-electron chi connectivity index (χ1n) is 10.5. The van der Waals surface area contributed by atoms with Crippen molar-refractivity contribution in [2.45, 2.75) is 51.5 Å². The molecule has 0 bridgehead atoms. The maximum Gasteiger partial charge on any atom is 0.229 e. The summed E-state index contributed by atoms with van der Waals surface area (Å²) >= 11 is 0. The Kier molecular flexibility index (Phi) is 7.16. The van der Waals surface area contributed by atoms with Crippen LogP contribution in [0.5, 0.6) is 5.75 Å². The molecule has 2 fully saturated rings. The molecular formula is C22H29FN2O5S. The van der Waals surface area contributed by atoms with Crippen LogP contribution in [0.3, 0.4) is 0 Å². The van der Waals surface area contributed by atoms with Gasteiger partial charge in [0.05, 0.1) is 17.9 Å². The van der Waals surface area contributed by atoms with Gasteiger partial charge in [-0.1, -0.05) is 18.2 Å². The zero-order chi connectivity index (χ0) is 22.6. The van der Waals surface area contributed by atoms with Crippen molar-refractivity contribution in [2.24, 2.45) is 11.8 Å². The normalized spacial score (nSPS) is 20.2. The monoisotopic (exact) mass is 452 g/mol.